The van der Waals surface area contributed by atoms with Gasteiger partial charge in [0.15, 0.2) is 0 Å². The number of piperazine rings is 1. The van der Waals surface area contributed by atoms with Crippen LogP contribution < -0.4 is 11.1 Å². The van der Waals surface area contributed by atoms with E-state index < -0.39 is 12.1 Å². The van der Waals surface area contributed by atoms with Gasteiger partial charge in [0.1, 0.15) is 12.1 Å². The first-order valence-electron chi connectivity index (χ1n) is 13.7. The number of carbonyl (C=O) groups excluding carboxylic acids is 2. The molecule has 3 N–H and O–H groups in total. The zero-order valence-corrected chi connectivity index (χ0v) is 22.1. The van der Waals surface area contributed by atoms with Gasteiger partial charge in [-0.05, 0) is 59.2 Å². The third-order valence-corrected chi connectivity index (χ3v) is 7.42. The Bertz CT molecular complexity index is 1370. The van der Waals surface area contributed by atoms with Crippen LogP contribution in [0.25, 0.3) is 22.3 Å². The summed E-state index contributed by atoms with van der Waals surface area (Å²) >= 11 is 0. The fourth-order valence-electron chi connectivity index (χ4n) is 5.25. The Morgan fingerprint density at radius 2 is 1.15 bits per heavy atom. The Morgan fingerprint density at radius 1 is 0.641 bits per heavy atom. The summed E-state index contributed by atoms with van der Waals surface area (Å²) in [5.41, 5.74) is 12.3. The van der Waals surface area contributed by atoms with E-state index in [-0.39, 0.29) is 11.8 Å². The Balaban J connectivity index is 1.33. The first-order chi connectivity index (χ1) is 19.1. The minimum atomic E-state index is -0.588. The zero-order valence-electron chi connectivity index (χ0n) is 22.1. The molecule has 4 aromatic rings. The molecule has 2 atom stereocenters. The van der Waals surface area contributed by atoms with E-state index in [1.165, 1.54) is 0 Å². The van der Waals surface area contributed by atoms with Gasteiger partial charge in [-0.25, -0.2) is 0 Å². The molecule has 1 aliphatic heterocycles. The molecule has 1 saturated heterocycles. The molecule has 0 aliphatic carbocycles. The van der Waals surface area contributed by atoms with Crippen LogP contribution in [0, 0.1) is 0 Å². The van der Waals surface area contributed by atoms with Gasteiger partial charge < -0.3 is 16.0 Å². The van der Waals surface area contributed by atoms with Crippen LogP contribution in [0.4, 0.5) is 0 Å². The molecule has 198 valence electrons. The van der Waals surface area contributed by atoms with Crippen molar-refractivity contribution in [2.75, 3.05) is 6.54 Å². The second-order valence-electron chi connectivity index (χ2n) is 10.2. The monoisotopic (exact) mass is 517 g/mol. The summed E-state index contributed by atoms with van der Waals surface area (Å²) in [6, 6.07) is 35.8. The summed E-state index contributed by atoms with van der Waals surface area (Å²) in [4.78, 5) is 28.8. The molecule has 0 spiro atoms. The van der Waals surface area contributed by atoms with Gasteiger partial charge in [0.05, 0.1) is 0 Å². The SMILES string of the molecule is NCCCC[C@H]1C(=O)N[C@@H](Cc2ccc(-c3ccccc3)cc2)C(=O)N1Cc1ccc(-c2ccccc2)cc1. The average molecular weight is 518 g/mol. The van der Waals surface area contributed by atoms with E-state index in [4.69, 9.17) is 5.73 Å². The number of rotatable bonds is 10. The van der Waals surface area contributed by atoms with Crippen molar-refractivity contribution in [2.24, 2.45) is 5.73 Å². The van der Waals surface area contributed by atoms with Gasteiger partial charge in [-0.3, -0.25) is 9.59 Å². The summed E-state index contributed by atoms with van der Waals surface area (Å²) in [5.74, 6) is -0.120. The lowest BCUT2D eigenvalue weighted by atomic mass is 9.95. The minimum Gasteiger partial charge on any atom is -0.342 e. The second-order valence-corrected chi connectivity index (χ2v) is 10.2. The fourth-order valence-corrected chi connectivity index (χ4v) is 5.25. The van der Waals surface area contributed by atoms with E-state index in [2.05, 4.69) is 66.0 Å². The minimum absolute atomic E-state index is 0.0355. The zero-order chi connectivity index (χ0) is 27.0. The molecule has 0 saturated carbocycles. The predicted molar refractivity (Wildman–Crippen MR) is 157 cm³/mol. The normalized spacial score (nSPS) is 17.2. The van der Waals surface area contributed by atoms with E-state index in [1.807, 2.05) is 48.5 Å². The van der Waals surface area contributed by atoms with E-state index in [1.54, 1.807) is 4.90 Å². The van der Waals surface area contributed by atoms with Crippen LogP contribution in [0.5, 0.6) is 0 Å². The Hall–Kier alpha value is -4.22. The number of hydrogen-bond donors (Lipinski definition) is 2. The van der Waals surface area contributed by atoms with Gasteiger partial charge in [0.2, 0.25) is 11.8 Å². The highest BCUT2D eigenvalue weighted by Crippen LogP contribution is 2.25. The highest BCUT2D eigenvalue weighted by Gasteiger charge is 2.40. The van der Waals surface area contributed by atoms with Gasteiger partial charge in [0, 0.05) is 13.0 Å². The molecule has 39 heavy (non-hydrogen) atoms. The van der Waals surface area contributed by atoms with Crippen molar-refractivity contribution in [1.82, 2.24) is 10.2 Å². The lowest BCUT2D eigenvalue weighted by molar-refractivity contribution is -0.150. The largest absolute Gasteiger partial charge is 0.342 e. The third kappa shape index (κ3) is 6.44. The van der Waals surface area contributed by atoms with Crippen LogP contribution in [0.1, 0.15) is 30.4 Å². The topological polar surface area (TPSA) is 75.4 Å². The molecular weight excluding hydrogens is 482 g/mol. The fraction of sp³-hybridized carbons (Fsp3) is 0.235. The van der Waals surface area contributed by atoms with Crippen LogP contribution in [0.2, 0.25) is 0 Å². The molecule has 5 rings (SSSR count). The van der Waals surface area contributed by atoms with E-state index in [9.17, 15) is 9.59 Å². The number of benzene rings is 4. The number of nitrogens with zero attached hydrogens (tertiary/aromatic N) is 1. The summed E-state index contributed by atoms with van der Waals surface area (Å²) in [5, 5.41) is 3.02. The summed E-state index contributed by atoms with van der Waals surface area (Å²) in [6.07, 6.45) is 2.69. The van der Waals surface area contributed by atoms with Gasteiger partial charge >= 0.3 is 0 Å². The Labute approximate surface area is 230 Å². The molecule has 1 aliphatic rings. The van der Waals surface area contributed by atoms with E-state index in [0.717, 1.165) is 46.2 Å². The van der Waals surface area contributed by atoms with Crippen molar-refractivity contribution in [3.8, 4) is 22.3 Å². The summed E-state index contributed by atoms with van der Waals surface area (Å²) in [7, 11) is 0. The Kier molecular flexibility index (Phi) is 8.49. The molecule has 5 heteroatoms. The maximum absolute atomic E-state index is 13.8. The number of carbonyl (C=O) groups is 2. The maximum Gasteiger partial charge on any atom is 0.246 e. The maximum atomic E-state index is 13.8. The highest BCUT2D eigenvalue weighted by molar-refractivity contribution is 5.97. The smallest absolute Gasteiger partial charge is 0.246 e. The average Bonchev–Trinajstić information content (AvgIpc) is 2.99. The lowest BCUT2D eigenvalue weighted by Gasteiger charge is -2.39. The van der Waals surface area contributed by atoms with Gasteiger partial charge in [-0.1, -0.05) is 109 Å². The standard InChI is InChI=1S/C34H35N3O2/c35-22-8-7-13-32-33(38)36-31(23-25-14-18-29(19-15-25)27-9-3-1-4-10-27)34(39)37(32)24-26-16-20-30(21-17-26)28-11-5-2-6-12-28/h1-6,9-12,14-21,31-32H,7-8,13,22-24,35H2,(H,36,38)/t31-,32-/m0/s1. The van der Waals surface area contributed by atoms with Crippen molar-refractivity contribution in [3.05, 3.63) is 120 Å². The summed E-state index contributed by atoms with van der Waals surface area (Å²) in [6.45, 7) is 0.975. The number of nitrogens with two attached hydrogens (primary N) is 1. The molecule has 1 fully saturated rings. The molecule has 5 nitrogen and oxygen atoms in total. The van der Waals surface area contributed by atoms with Crippen molar-refractivity contribution in [1.29, 1.82) is 0 Å². The van der Waals surface area contributed by atoms with Crippen molar-refractivity contribution in [3.63, 3.8) is 0 Å². The van der Waals surface area contributed by atoms with Gasteiger partial charge in [-0.15, -0.1) is 0 Å². The number of hydrogen-bond acceptors (Lipinski definition) is 3. The first kappa shape index (κ1) is 26.4. The van der Waals surface area contributed by atoms with E-state index >= 15 is 0 Å². The number of unbranched alkanes of at least 4 members (excludes halogenated alkanes) is 1. The van der Waals surface area contributed by atoms with Crippen molar-refractivity contribution < 1.29 is 9.59 Å². The molecule has 2 amide bonds. The van der Waals surface area contributed by atoms with Gasteiger partial charge in [0.25, 0.3) is 0 Å². The van der Waals surface area contributed by atoms with Crippen LogP contribution in [-0.2, 0) is 22.6 Å². The van der Waals surface area contributed by atoms with Gasteiger partial charge in [-0.2, -0.15) is 0 Å². The number of nitrogens with one attached hydrogen (secondary N) is 1. The molecule has 1 heterocycles. The second kappa shape index (κ2) is 12.5. The Morgan fingerprint density at radius 3 is 1.69 bits per heavy atom. The molecule has 0 radical (unpaired) electrons. The molecule has 0 aromatic heterocycles. The van der Waals surface area contributed by atoms with Crippen molar-refractivity contribution in [2.45, 2.75) is 44.3 Å². The van der Waals surface area contributed by atoms with E-state index in [0.29, 0.717) is 25.9 Å². The molecule has 0 unspecified atom stereocenters. The molecule has 4 aromatic carbocycles. The van der Waals surface area contributed by atoms with Crippen LogP contribution in [0.3, 0.4) is 0 Å². The molecular formula is C34H35N3O2. The first-order valence-corrected chi connectivity index (χ1v) is 13.7. The van der Waals surface area contributed by atoms with Crippen LogP contribution in [0.15, 0.2) is 109 Å². The highest BCUT2D eigenvalue weighted by atomic mass is 16.2. The van der Waals surface area contributed by atoms with Crippen LogP contribution >= 0.6 is 0 Å². The third-order valence-electron chi connectivity index (χ3n) is 7.42. The van der Waals surface area contributed by atoms with Crippen molar-refractivity contribution >= 4 is 11.8 Å². The molecule has 0 bridgehead atoms. The lowest BCUT2D eigenvalue weighted by Crippen LogP contribution is -2.63. The predicted octanol–water partition coefficient (Wildman–Crippen LogP) is 5.59. The quantitative estimate of drug-likeness (QED) is 0.269. The number of amides is 2. The summed E-state index contributed by atoms with van der Waals surface area (Å²) < 4.78 is 0. The van der Waals surface area contributed by atoms with Crippen LogP contribution in [-0.4, -0.2) is 35.3 Å².